The van der Waals surface area contributed by atoms with Crippen molar-refractivity contribution in [1.29, 1.82) is 0 Å². The van der Waals surface area contributed by atoms with Crippen molar-refractivity contribution in [3.63, 3.8) is 0 Å². The van der Waals surface area contributed by atoms with Gasteiger partial charge in [-0.05, 0) is 29.7 Å². The molecule has 0 atom stereocenters. The molecule has 0 aliphatic carbocycles. The fraction of sp³-hybridized carbons (Fsp3) is 0.300. The van der Waals surface area contributed by atoms with Gasteiger partial charge >= 0.3 is 6.03 Å². The third-order valence-electron chi connectivity index (χ3n) is 6.86. The molecular weight excluding hydrogens is 494 g/mol. The molecule has 1 N–H and O–H groups in total. The third kappa shape index (κ3) is 7.04. The summed E-state index contributed by atoms with van der Waals surface area (Å²) in [6.45, 7) is 5.37. The summed E-state index contributed by atoms with van der Waals surface area (Å²) in [5, 5.41) is 5.62. The topological polar surface area (TPSA) is 70.6 Å². The number of hydrogen-bond acceptors (Lipinski definition) is 6. The molecule has 38 heavy (non-hydrogen) atoms. The fourth-order valence-electron chi connectivity index (χ4n) is 4.74. The molecule has 2 aromatic heterocycles. The number of anilines is 1. The first-order valence-electron chi connectivity index (χ1n) is 13.1. The van der Waals surface area contributed by atoms with Crippen molar-refractivity contribution in [2.24, 2.45) is 0 Å². The van der Waals surface area contributed by atoms with Crippen LogP contribution in [0.2, 0.25) is 0 Å². The van der Waals surface area contributed by atoms with Crippen LogP contribution in [0.15, 0.2) is 90.6 Å². The lowest BCUT2D eigenvalue weighted by Crippen LogP contribution is -2.44. The second kappa shape index (κ2) is 13.3. The molecule has 0 radical (unpaired) electrons. The van der Waals surface area contributed by atoms with E-state index in [1.807, 2.05) is 34.5 Å². The molecule has 0 saturated carbocycles. The highest BCUT2D eigenvalue weighted by Crippen LogP contribution is 2.29. The number of aromatic nitrogens is 2. The Morgan fingerprint density at radius 3 is 2.26 bits per heavy atom. The van der Waals surface area contributed by atoms with Crippen molar-refractivity contribution in [3.8, 4) is 11.3 Å². The largest absolute Gasteiger partial charge is 0.379 e. The maximum absolute atomic E-state index is 13.5. The van der Waals surface area contributed by atoms with Crippen molar-refractivity contribution in [1.82, 2.24) is 19.8 Å². The Morgan fingerprint density at radius 1 is 0.947 bits per heavy atom. The highest BCUT2D eigenvalue weighted by molar-refractivity contribution is 7.14. The van der Waals surface area contributed by atoms with E-state index in [4.69, 9.17) is 4.74 Å². The number of thiazole rings is 1. The lowest BCUT2D eigenvalue weighted by molar-refractivity contribution is 0.0351. The molecule has 0 bridgehead atoms. The van der Waals surface area contributed by atoms with Crippen LogP contribution >= 0.6 is 11.3 Å². The predicted molar refractivity (Wildman–Crippen MR) is 153 cm³/mol. The van der Waals surface area contributed by atoms with Gasteiger partial charge in [0.1, 0.15) is 0 Å². The van der Waals surface area contributed by atoms with E-state index in [1.54, 1.807) is 12.4 Å². The fourth-order valence-corrected chi connectivity index (χ4v) is 5.45. The van der Waals surface area contributed by atoms with E-state index >= 15 is 0 Å². The van der Waals surface area contributed by atoms with Crippen LogP contribution in [0.1, 0.15) is 23.5 Å². The van der Waals surface area contributed by atoms with Crippen LogP contribution in [0.5, 0.6) is 0 Å². The summed E-state index contributed by atoms with van der Waals surface area (Å²) in [6.07, 6.45) is 4.32. The molecule has 3 heterocycles. The van der Waals surface area contributed by atoms with Gasteiger partial charge in [-0.1, -0.05) is 60.7 Å². The van der Waals surface area contributed by atoms with Crippen LogP contribution in [0.25, 0.3) is 11.3 Å². The van der Waals surface area contributed by atoms with E-state index in [0.717, 1.165) is 50.5 Å². The van der Waals surface area contributed by atoms with Crippen LogP contribution in [0, 0.1) is 0 Å². The summed E-state index contributed by atoms with van der Waals surface area (Å²) < 4.78 is 5.50. The Morgan fingerprint density at radius 2 is 1.61 bits per heavy atom. The van der Waals surface area contributed by atoms with E-state index in [9.17, 15) is 4.79 Å². The molecule has 1 fully saturated rings. The molecule has 2 amide bonds. The standard InChI is InChI=1S/C30H33N5O2S/c36-30(33-29-32-28(23-38-29)26-11-14-31-15-12-26)35(18-17-34-19-21-37-22-20-34)16-13-27(24-7-3-1-4-8-24)25-9-5-2-6-10-25/h1-12,14-15,23,27H,13,16-22H2,(H,32,33,36). The molecule has 1 aliphatic heterocycles. The van der Waals surface area contributed by atoms with Crippen molar-refractivity contribution >= 4 is 22.5 Å². The van der Waals surface area contributed by atoms with E-state index in [2.05, 4.69) is 68.7 Å². The Labute approximate surface area is 228 Å². The van der Waals surface area contributed by atoms with Crippen molar-refractivity contribution in [2.75, 3.05) is 51.3 Å². The van der Waals surface area contributed by atoms with E-state index in [0.29, 0.717) is 18.2 Å². The minimum Gasteiger partial charge on any atom is -0.379 e. The third-order valence-corrected chi connectivity index (χ3v) is 7.62. The summed E-state index contributed by atoms with van der Waals surface area (Å²) in [7, 11) is 0. The highest BCUT2D eigenvalue weighted by atomic mass is 32.1. The molecule has 1 aliphatic rings. The van der Waals surface area contributed by atoms with Gasteiger partial charge in [-0.25, -0.2) is 9.78 Å². The van der Waals surface area contributed by atoms with E-state index < -0.39 is 0 Å². The first kappa shape index (κ1) is 26.0. The number of carbonyl (C=O) groups is 1. The number of amides is 2. The molecule has 0 unspecified atom stereocenters. The summed E-state index contributed by atoms with van der Waals surface area (Å²) in [5.74, 6) is 0.203. The monoisotopic (exact) mass is 527 g/mol. The lowest BCUT2D eigenvalue weighted by Gasteiger charge is -2.31. The number of carbonyl (C=O) groups excluding carboxylic acids is 1. The SMILES string of the molecule is O=C(Nc1nc(-c2ccncc2)cs1)N(CCC(c1ccccc1)c1ccccc1)CCN1CCOCC1. The number of ether oxygens (including phenoxy) is 1. The van der Waals surface area contributed by atoms with Crippen LogP contribution < -0.4 is 5.32 Å². The first-order valence-corrected chi connectivity index (χ1v) is 14.0. The number of morpholine rings is 1. The molecule has 8 heteroatoms. The van der Waals surface area contributed by atoms with Crippen molar-refractivity contribution in [3.05, 3.63) is 102 Å². The number of pyridine rings is 1. The highest BCUT2D eigenvalue weighted by Gasteiger charge is 2.21. The Balaban J connectivity index is 1.30. The smallest absolute Gasteiger partial charge is 0.323 e. The average molecular weight is 528 g/mol. The van der Waals surface area contributed by atoms with Crippen LogP contribution in [0.3, 0.4) is 0 Å². The van der Waals surface area contributed by atoms with Crippen molar-refractivity contribution in [2.45, 2.75) is 12.3 Å². The van der Waals surface area contributed by atoms with E-state index in [1.165, 1.54) is 22.5 Å². The summed E-state index contributed by atoms with van der Waals surface area (Å²) in [5.41, 5.74) is 4.33. The van der Waals surface area contributed by atoms with Crippen LogP contribution in [-0.2, 0) is 4.74 Å². The van der Waals surface area contributed by atoms with Gasteiger partial charge in [0.15, 0.2) is 5.13 Å². The normalized spacial score (nSPS) is 13.9. The molecule has 4 aromatic rings. The van der Waals surface area contributed by atoms with Gasteiger partial charge in [-0.15, -0.1) is 11.3 Å². The Kier molecular flexibility index (Phi) is 9.10. The van der Waals surface area contributed by atoms with Gasteiger partial charge in [-0.3, -0.25) is 15.2 Å². The number of benzene rings is 2. The number of hydrogen-bond donors (Lipinski definition) is 1. The molecule has 5 rings (SSSR count). The molecule has 196 valence electrons. The minimum atomic E-state index is -0.117. The van der Waals surface area contributed by atoms with Gasteiger partial charge in [-0.2, -0.15) is 0 Å². The van der Waals surface area contributed by atoms with E-state index in [-0.39, 0.29) is 11.9 Å². The van der Waals surface area contributed by atoms with Gasteiger partial charge in [0.05, 0.1) is 18.9 Å². The Bertz CT molecular complexity index is 1220. The maximum Gasteiger partial charge on any atom is 0.323 e. The average Bonchev–Trinajstić information content (AvgIpc) is 3.45. The number of nitrogens with one attached hydrogen (secondary N) is 1. The molecular formula is C30H33N5O2S. The Hall–Kier alpha value is -3.59. The van der Waals surface area contributed by atoms with Gasteiger partial charge in [0, 0.05) is 62.0 Å². The second-order valence-electron chi connectivity index (χ2n) is 9.31. The van der Waals surface area contributed by atoms with Crippen LogP contribution in [0.4, 0.5) is 9.93 Å². The summed E-state index contributed by atoms with van der Waals surface area (Å²) in [4.78, 5) is 26.6. The first-order chi connectivity index (χ1) is 18.8. The molecule has 0 spiro atoms. The predicted octanol–water partition coefficient (Wildman–Crippen LogP) is 5.59. The van der Waals surface area contributed by atoms with Gasteiger partial charge < -0.3 is 9.64 Å². The zero-order valence-electron chi connectivity index (χ0n) is 21.4. The summed E-state index contributed by atoms with van der Waals surface area (Å²) in [6, 6.07) is 24.8. The molecule has 2 aromatic carbocycles. The quantitative estimate of drug-likeness (QED) is 0.291. The van der Waals surface area contributed by atoms with Gasteiger partial charge in [0.25, 0.3) is 0 Å². The second-order valence-corrected chi connectivity index (χ2v) is 10.2. The zero-order chi connectivity index (χ0) is 26.0. The number of urea groups is 1. The minimum absolute atomic E-state index is 0.117. The van der Waals surface area contributed by atoms with Crippen molar-refractivity contribution < 1.29 is 9.53 Å². The number of nitrogens with zero attached hydrogens (tertiary/aromatic N) is 4. The number of rotatable bonds is 10. The van der Waals surface area contributed by atoms with Crippen LogP contribution in [-0.4, -0.2) is 71.7 Å². The lowest BCUT2D eigenvalue weighted by atomic mass is 9.88. The molecule has 7 nitrogen and oxygen atoms in total. The van der Waals surface area contributed by atoms with Gasteiger partial charge in [0.2, 0.25) is 0 Å². The zero-order valence-corrected chi connectivity index (χ0v) is 22.2. The summed E-state index contributed by atoms with van der Waals surface area (Å²) >= 11 is 1.44. The molecule has 1 saturated heterocycles. The maximum atomic E-state index is 13.5.